The van der Waals surface area contributed by atoms with E-state index in [0.29, 0.717) is 12.8 Å². The highest BCUT2D eigenvalue weighted by Gasteiger charge is 2.53. The highest BCUT2D eigenvalue weighted by atomic mass is 16.8. The van der Waals surface area contributed by atoms with Gasteiger partial charge in [0.15, 0.2) is 18.9 Å². The molecule has 0 bridgehead atoms. The number of rotatable bonds is 35. The molecule has 0 aliphatic carbocycles. The number of hydrogen-bond donors (Lipinski definition) is 12. The zero-order valence-corrected chi connectivity index (χ0v) is 39.7. The summed E-state index contributed by atoms with van der Waals surface area (Å²) < 4.78 is 34.0. The number of carbonyl (C=O) groups excluding carboxylic acids is 1. The largest absolute Gasteiger partial charge is 0.394 e. The summed E-state index contributed by atoms with van der Waals surface area (Å²) in [5.74, 6) is -0.251. The fourth-order valence-corrected chi connectivity index (χ4v) is 8.90. The van der Waals surface area contributed by atoms with E-state index in [2.05, 4.69) is 19.2 Å². The topological polar surface area (TPSA) is 307 Å². The van der Waals surface area contributed by atoms with Crippen molar-refractivity contribution in [3.8, 4) is 0 Å². The van der Waals surface area contributed by atoms with Crippen LogP contribution in [0.1, 0.15) is 162 Å². The molecule has 12 N–H and O–H groups in total. The number of hydrogen-bond acceptors (Lipinski definition) is 18. The van der Waals surface area contributed by atoms with Gasteiger partial charge in [0.2, 0.25) is 5.91 Å². The zero-order valence-electron chi connectivity index (χ0n) is 39.7. The third-order valence-electron chi connectivity index (χ3n) is 13.2. The van der Waals surface area contributed by atoms with Gasteiger partial charge >= 0.3 is 0 Å². The van der Waals surface area contributed by atoms with Crippen LogP contribution in [0.5, 0.6) is 0 Å². The van der Waals surface area contributed by atoms with Crippen molar-refractivity contribution in [2.45, 2.75) is 266 Å². The number of ether oxygens (including phenoxy) is 6. The molecule has 17 atom stereocenters. The van der Waals surface area contributed by atoms with Crippen LogP contribution in [-0.2, 0) is 33.2 Å². The van der Waals surface area contributed by atoms with Gasteiger partial charge in [-0.05, 0) is 12.8 Å². The number of carbonyl (C=O) groups is 1. The van der Waals surface area contributed by atoms with Crippen molar-refractivity contribution < 1.29 is 89.4 Å². The van der Waals surface area contributed by atoms with Crippen LogP contribution in [0.4, 0.5) is 0 Å². The lowest BCUT2D eigenvalue weighted by Crippen LogP contribution is -2.66. The molecule has 3 aliphatic rings. The van der Waals surface area contributed by atoms with Crippen molar-refractivity contribution >= 4 is 5.91 Å². The Labute approximate surface area is 392 Å². The number of unbranched alkanes of at least 4 members (excludes halogenated alkanes) is 19. The maximum atomic E-state index is 13.1. The maximum absolute atomic E-state index is 13.1. The van der Waals surface area contributed by atoms with Crippen molar-refractivity contribution in [1.29, 1.82) is 0 Å². The summed E-state index contributed by atoms with van der Waals surface area (Å²) in [7, 11) is 0. The highest BCUT2D eigenvalue weighted by Crippen LogP contribution is 2.33. The fraction of sp³-hybridized carbons (Fsp3) is 0.979. The molecule has 19 nitrogen and oxygen atoms in total. The number of aliphatic hydroxyl groups excluding tert-OH is 11. The van der Waals surface area contributed by atoms with Gasteiger partial charge in [0.1, 0.15) is 73.2 Å². The summed E-state index contributed by atoms with van der Waals surface area (Å²) in [6.07, 6.45) is -1.25. The van der Waals surface area contributed by atoms with E-state index >= 15 is 0 Å². The summed E-state index contributed by atoms with van der Waals surface area (Å²) in [4.78, 5) is 13.1. The number of nitrogens with one attached hydrogen (secondary N) is 1. The van der Waals surface area contributed by atoms with Crippen molar-refractivity contribution in [3.05, 3.63) is 0 Å². The molecule has 3 fully saturated rings. The lowest BCUT2D eigenvalue weighted by Gasteiger charge is -2.48. The number of amides is 1. The first kappa shape index (κ1) is 59.1. The average Bonchev–Trinajstić information content (AvgIpc) is 3.31. The molecule has 3 aliphatic heterocycles. The molecule has 19 heteroatoms. The second kappa shape index (κ2) is 33.4. The molecule has 0 aromatic rings. The average molecular weight is 956 g/mol. The molecule has 1 amide bonds. The Morgan fingerprint density at radius 2 is 0.864 bits per heavy atom. The molecule has 0 radical (unpaired) electrons. The van der Waals surface area contributed by atoms with E-state index < -0.39 is 124 Å². The minimum atomic E-state index is -1.97. The van der Waals surface area contributed by atoms with Crippen molar-refractivity contribution in [3.63, 3.8) is 0 Å². The molecule has 3 saturated heterocycles. The molecule has 390 valence electrons. The van der Waals surface area contributed by atoms with Gasteiger partial charge in [0.05, 0.1) is 38.6 Å². The summed E-state index contributed by atoms with van der Waals surface area (Å²) in [5.41, 5.74) is 0. The standard InChI is InChI=1S/C47H89NO18/c1-3-5-7-9-10-11-12-13-14-15-16-17-18-19-20-21-23-25-35(53)48-30(31(52)24-22-8-6-4-2)29-61-45-41(59)38(56)43(33(27-50)63-45)66-47-42(60)39(57)44(34(28-51)64-47)65-46-40(58)37(55)36(54)32(26-49)62-46/h30-34,36-47,49-52,54-60H,3-29H2,1-2H3,(H,48,53). The molecule has 3 rings (SSSR count). The maximum Gasteiger partial charge on any atom is 0.220 e. The molecule has 0 aromatic heterocycles. The smallest absolute Gasteiger partial charge is 0.220 e. The van der Waals surface area contributed by atoms with Gasteiger partial charge in [-0.25, -0.2) is 0 Å². The summed E-state index contributed by atoms with van der Waals surface area (Å²) in [6.45, 7) is 1.63. The second-order valence-corrected chi connectivity index (χ2v) is 18.6. The summed E-state index contributed by atoms with van der Waals surface area (Å²) >= 11 is 0. The van der Waals surface area contributed by atoms with E-state index in [9.17, 15) is 61.0 Å². The summed E-state index contributed by atoms with van der Waals surface area (Å²) in [6, 6.07) is -0.875. The van der Waals surface area contributed by atoms with Crippen LogP contribution in [0.3, 0.4) is 0 Å². The Kier molecular flexibility index (Phi) is 29.9. The first-order valence-electron chi connectivity index (χ1n) is 25.3. The first-order chi connectivity index (χ1) is 31.8. The SMILES string of the molecule is CCCCCCCCCCCCCCCCCCCC(=O)NC(COC1OC(CO)C(OC2OC(CO)C(OC3OC(CO)C(O)C(O)C3O)C(O)C2O)C(O)C1O)C(O)CCCCCC. The van der Waals surface area contributed by atoms with Crippen LogP contribution in [0, 0.1) is 0 Å². The summed E-state index contributed by atoms with van der Waals surface area (Å²) in [5, 5.41) is 119. The molecule has 0 aromatic carbocycles. The second-order valence-electron chi connectivity index (χ2n) is 18.6. The van der Waals surface area contributed by atoms with E-state index in [1.165, 1.54) is 83.5 Å². The number of aliphatic hydroxyl groups is 11. The first-order valence-corrected chi connectivity index (χ1v) is 25.3. The van der Waals surface area contributed by atoms with E-state index in [1.807, 2.05) is 0 Å². The Hall–Kier alpha value is -1.21. The van der Waals surface area contributed by atoms with Crippen molar-refractivity contribution in [2.24, 2.45) is 0 Å². The van der Waals surface area contributed by atoms with Gasteiger partial charge < -0.3 is 89.9 Å². The van der Waals surface area contributed by atoms with Crippen LogP contribution in [0.25, 0.3) is 0 Å². The van der Waals surface area contributed by atoms with Crippen LogP contribution in [0.15, 0.2) is 0 Å². The lowest BCUT2D eigenvalue weighted by molar-refractivity contribution is -0.379. The molecular weight excluding hydrogens is 867 g/mol. The van der Waals surface area contributed by atoms with Crippen molar-refractivity contribution in [1.82, 2.24) is 5.32 Å². The van der Waals surface area contributed by atoms with E-state index in [1.54, 1.807) is 0 Å². The van der Waals surface area contributed by atoms with E-state index in [-0.39, 0.29) is 18.9 Å². The third-order valence-corrected chi connectivity index (χ3v) is 13.2. The minimum Gasteiger partial charge on any atom is -0.394 e. The van der Waals surface area contributed by atoms with E-state index in [0.717, 1.165) is 44.9 Å². The van der Waals surface area contributed by atoms with Gasteiger partial charge in [-0.2, -0.15) is 0 Å². The van der Waals surface area contributed by atoms with Gasteiger partial charge in [0.25, 0.3) is 0 Å². The van der Waals surface area contributed by atoms with Gasteiger partial charge in [-0.3, -0.25) is 4.79 Å². The highest BCUT2D eigenvalue weighted by molar-refractivity contribution is 5.76. The Morgan fingerprint density at radius 3 is 1.32 bits per heavy atom. The third kappa shape index (κ3) is 19.5. The van der Waals surface area contributed by atoms with Crippen LogP contribution >= 0.6 is 0 Å². The predicted molar refractivity (Wildman–Crippen MR) is 240 cm³/mol. The Bertz CT molecular complexity index is 1240. The Balaban J connectivity index is 1.47. The fourth-order valence-electron chi connectivity index (χ4n) is 8.90. The molecule has 3 heterocycles. The molecule has 0 spiro atoms. The van der Waals surface area contributed by atoms with Crippen LogP contribution < -0.4 is 5.32 Å². The quantitative estimate of drug-likeness (QED) is 0.0399. The molecule has 0 saturated carbocycles. The molecule has 66 heavy (non-hydrogen) atoms. The molecule has 17 unspecified atom stereocenters. The monoisotopic (exact) mass is 956 g/mol. The van der Waals surface area contributed by atoms with Crippen LogP contribution in [-0.4, -0.2) is 193 Å². The zero-order chi connectivity index (χ0) is 48.4. The van der Waals surface area contributed by atoms with E-state index in [4.69, 9.17) is 28.4 Å². The van der Waals surface area contributed by atoms with Crippen molar-refractivity contribution in [2.75, 3.05) is 26.4 Å². The lowest BCUT2D eigenvalue weighted by atomic mass is 9.96. The Morgan fingerprint density at radius 1 is 0.485 bits per heavy atom. The van der Waals surface area contributed by atoms with Gasteiger partial charge in [0, 0.05) is 6.42 Å². The predicted octanol–water partition coefficient (Wildman–Crippen LogP) is 1.31. The molecular formula is C47H89NO18. The minimum absolute atomic E-state index is 0.251. The normalized spacial score (nSPS) is 33.7. The van der Waals surface area contributed by atoms with Gasteiger partial charge in [-0.1, -0.05) is 142 Å². The van der Waals surface area contributed by atoms with Gasteiger partial charge in [-0.15, -0.1) is 0 Å². The van der Waals surface area contributed by atoms with Crippen LogP contribution in [0.2, 0.25) is 0 Å².